The van der Waals surface area contributed by atoms with Gasteiger partial charge in [0, 0.05) is 29.9 Å². The van der Waals surface area contributed by atoms with E-state index in [4.69, 9.17) is 10.8 Å². The predicted molar refractivity (Wildman–Crippen MR) is 60.1 cm³/mol. The number of aryl methyl sites for hydroxylation is 1. The summed E-state index contributed by atoms with van der Waals surface area (Å²) < 4.78 is 1.91. The van der Waals surface area contributed by atoms with Gasteiger partial charge in [0.05, 0.1) is 5.56 Å². The van der Waals surface area contributed by atoms with E-state index in [2.05, 4.69) is 0 Å². The number of nitrogens with zero attached hydrogens (tertiary/aromatic N) is 1. The molecule has 0 aliphatic carbocycles. The first-order valence-electron chi connectivity index (χ1n) is 4.33. The van der Waals surface area contributed by atoms with E-state index < -0.39 is 5.97 Å². The maximum Gasteiger partial charge on any atom is 0.338 e. The Kier molecular flexibility index (Phi) is 2.24. The lowest BCUT2D eigenvalue weighted by Gasteiger charge is -1.88. The van der Waals surface area contributed by atoms with Crippen molar-refractivity contribution in [3.63, 3.8) is 0 Å². The fourth-order valence-corrected chi connectivity index (χ4v) is 2.27. The zero-order valence-electron chi connectivity index (χ0n) is 8.10. The third kappa shape index (κ3) is 1.73. The summed E-state index contributed by atoms with van der Waals surface area (Å²) in [5, 5.41) is 9.20. The average molecular weight is 222 g/mol. The van der Waals surface area contributed by atoms with Crippen LogP contribution in [-0.4, -0.2) is 15.6 Å². The highest BCUT2D eigenvalue weighted by molar-refractivity contribution is 7.19. The lowest BCUT2D eigenvalue weighted by molar-refractivity contribution is 0.0698. The Balaban J connectivity index is 2.46. The molecule has 78 valence electrons. The zero-order valence-corrected chi connectivity index (χ0v) is 8.91. The summed E-state index contributed by atoms with van der Waals surface area (Å²) in [6.45, 7) is 0. The van der Waals surface area contributed by atoms with Crippen LogP contribution in [0.15, 0.2) is 24.5 Å². The third-order valence-electron chi connectivity index (χ3n) is 2.11. The molecule has 0 atom stereocenters. The molecule has 0 amide bonds. The SMILES string of the molecule is Cn1ccc(-c2cc(C(=O)O)c(N)s2)c1. The number of carboxylic acids is 1. The van der Waals surface area contributed by atoms with Gasteiger partial charge in [-0.1, -0.05) is 0 Å². The Labute approximate surface area is 90.6 Å². The van der Waals surface area contributed by atoms with Crippen molar-refractivity contribution in [1.29, 1.82) is 0 Å². The number of hydrogen-bond donors (Lipinski definition) is 2. The molecule has 0 radical (unpaired) electrons. The number of aromatic nitrogens is 1. The Bertz CT molecular complexity index is 513. The lowest BCUT2D eigenvalue weighted by atomic mass is 10.2. The molecule has 0 aliphatic rings. The van der Waals surface area contributed by atoms with E-state index in [9.17, 15) is 4.79 Å². The molecule has 0 fully saturated rings. The monoisotopic (exact) mass is 222 g/mol. The van der Waals surface area contributed by atoms with Gasteiger partial charge in [-0.3, -0.25) is 0 Å². The Morgan fingerprint density at radius 3 is 2.80 bits per heavy atom. The fraction of sp³-hybridized carbons (Fsp3) is 0.100. The van der Waals surface area contributed by atoms with Gasteiger partial charge in [0.25, 0.3) is 0 Å². The molecule has 3 N–H and O–H groups in total. The Morgan fingerprint density at radius 2 is 2.33 bits per heavy atom. The van der Waals surface area contributed by atoms with Gasteiger partial charge in [-0.15, -0.1) is 11.3 Å². The van der Waals surface area contributed by atoms with Gasteiger partial charge >= 0.3 is 5.97 Å². The van der Waals surface area contributed by atoms with Crippen molar-refractivity contribution in [1.82, 2.24) is 4.57 Å². The molecule has 0 spiro atoms. The zero-order chi connectivity index (χ0) is 11.0. The second-order valence-electron chi connectivity index (χ2n) is 3.26. The normalized spacial score (nSPS) is 10.5. The summed E-state index contributed by atoms with van der Waals surface area (Å²) in [5.41, 5.74) is 6.78. The van der Waals surface area contributed by atoms with E-state index in [1.807, 2.05) is 30.1 Å². The molecule has 0 saturated heterocycles. The van der Waals surface area contributed by atoms with Crippen LogP contribution in [0.4, 0.5) is 5.00 Å². The van der Waals surface area contributed by atoms with E-state index in [0.29, 0.717) is 5.00 Å². The number of anilines is 1. The second kappa shape index (κ2) is 3.43. The van der Waals surface area contributed by atoms with E-state index in [1.165, 1.54) is 11.3 Å². The summed E-state index contributed by atoms with van der Waals surface area (Å²) in [6, 6.07) is 3.54. The van der Waals surface area contributed by atoms with Crippen LogP contribution >= 0.6 is 11.3 Å². The predicted octanol–water partition coefficient (Wildman–Crippen LogP) is 2.03. The number of carboxylic acid groups (broad SMARTS) is 1. The van der Waals surface area contributed by atoms with Crippen LogP contribution in [0.5, 0.6) is 0 Å². The molecule has 2 rings (SSSR count). The Hall–Kier alpha value is -1.75. The summed E-state index contributed by atoms with van der Waals surface area (Å²) in [4.78, 5) is 11.7. The highest BCUT2D eigenvalue weighted by atomic mass is 32.1. The first-order chi connectivity index (χ1) is 7.08. The van der Waals surface area contributed by atoms with Gasteiger partial charge < -0.3 is 15.4 Å². The molecular weight excluding hydrogens is 212 g/mol. The standard InChI is InChI=1S/C10H10N2O2S/c1-12-3-2-6(5-12)8-4-7(10(13)14)9(11)15-8/h2-5H,11H2,1H3,(H,13,14). The molecule has 5 heteroatoms. The van der Waals surface area contributed by atoms with Gasteiger partial charge in [-0.05, 0) is 12.1 Å². The fourth-order valence-electron chi connectivity index (χ4n) is 1.36. The van der Waals surface area contributed by atoms with Crippen molar-refractivity contribution in [2.75, 3.05) is 5.73 Å². The van der Waals surface area contributed by atoms with E-state index >= 15 is 0 Å². The number of nitrogen functional groups attached to an aromatic ring is 1. The number of hydrogen-bond acceptors (Lipinski definition) is 3. The minimum absolute atomic E-state index is 0.179. The van der Waals surface area contributed by atoms with Crippen LogP contribution in [0.1, 0.15) is 10.4 Å². The highest BCUT2D eigenvalue weighted by Gasteiger charge is 2.13. The van der Waals surface area contributed by atoms with E-state index in [-0.39, 0.29) is 5.56 Å². The molecule has 4 nitrogen and oxygen atoms in total. The van der Waals surface area contributed by atoms with E-state index in [0.717, 1.165) is 10.4 Å². The molecule has 0 aliphatic heterocycles. The average Bonchev–Trinajstić information content (AvgIpc) is 2.71. The minimum atomic E-state index is -0.981. The van der Waals surface area contributed by atoms with Gasteiger partial charge in [0.1, 0.15) is 5.00 Å². The largest absolute Gasteiger partial charge is 0.478 e. The molecule has 2 aromatic heterocycles. The summed E-state index contributed by atoms with van der Waals surface area (Å²) in [5.74, 6) is -0.981. The molecule has 0 saturated carbocycles. The number of thiophene rings is 1. The van der Waals surface area contributed by atoms with Crippen LogP contribution in [0, 0.1) is 0 Å². The van der Waals surface area contributed by atoms with Crippen LogP contribution in [0.25, 0.3) is 10.4 Å². The molecule has 0 unspecified atom stereocenters. The van der Waals surface area contributed by atoms with E-state index in [1.54, 1.807) is 6.07 Å². The van der Waals surface area contributed by atoms with Gasteiger partial charge in [0.15, 0.2) is 0 Å². The first-order valence-corrected chi connectivity index (χ1v) is 5.14. The van der Waals surface area contributed by atoms with Crippen LogP contribution in [-0.2, 0) is 7.05 Å². The maximum absolute atomic E-state index is 10.8. The number of nitrogens with two attached hydrogens (primary N) is 1. The maximum atomic E-state index is 10.8. The number of rotatable bonds is 2. The minimum Gasteiger partial charge on any atom is -0.478 e. The highest BCUT2D eigenvalue weighted by Crippen LogP contribution is 2.33. The summed E-state index contributed by atoms with van der Waals surface area (Å²) >= 11 is 1.29. The number of aromatic carboxylic acids is 1. The smallest absolute Gasteiger partial charge is 0.338 e. The van der Waals surface area contributed by atoms with Crippen LogP contribution < -0.4 is 5.73 Å². The quantitative estimate of drug-likeness (QED) is 0.817. The van der Waals surface area contributed by atoms with Crippen molar-refractivity contribution in [3.05, 3.63) is 30.1 Å². The Morgan fingerprint density at radius 1 is 1.60 bits per heavy atom. The van der Waals surface area contributed by atoms with Crippen molar-refractivity contribution < 1.29 is 9.90 Å². The number of carbonyl (C=O) groups is 1. The lowest BCUT2D eigenvalue weighted by Crippen LogP contribution is -1.97. The van der Waals surface area contributed by atoms with Crippen LogP contribution in [0.3, 0.4) is 0 Å². The molecule has 0 aromatic carbocycles. The van der Waals surface area contributed by atoms with Crippen LogP contribution in [0.2, 0.25) is 0 Å². The third-order valence-corrected chi connectivity index (χ3v) is 3.12. The van der Waals surface area contributed by atoms with Crippen molar-refractivity contribution in [3.8, 4) is 10.4 Å². The summed E-state index contributed by atoms with van der Waals surface area (Å²) in [6.07, 6.45) is 3.84. The second-order valence-corrected chi connectivity index (χ2v) is 4.34. The molecule has 15 heavy (non-hydrogen) atoms. The summed E-state index contributed by atoms with van der Waals surface area (Å²) in [7, 11) is 1.92. The van der Waals surface area contributed by atoms with Gasteiger partial charge in [0.2, 0.25) is 0 Å². The van der Waals surface area contributed by atoms with Gasteiger partial charge in [-0.25, -0.2) is 4.79 Å². The molecule has 2 aromatic rings. The van der Waals surface area contributed by atoms with Crippen molar-refractivity contribution in [2.24, 2.45) is 7.05 Å². The molecule has 2 heterocycles. The van der Waals surface area contributed by atoms with Crippen molar-refractivity contribution in [2.45, 2.75) is 0 Å². The van der Waals surface area contributed by atoms with Crippen molar-refractivity contribution >= 4 is 22.3 Å². The molecule has 0 bridgehead atoms. The molecular formula is C10H10N2O2S. The van der Waals surface area contributed by atoms with Gasteiger partial charge in [-0.2, -0.15) is 0 Å². The topological polar surface area (TPSA) is 68.2 Å². The first kappa shape index (κ1) is 9.79.